The van der Waals surface area contributed by atoms with E-state index in [-0.39, 0.29) is 27.9 Å². The minimum absolute atomic E-state index is 0.0541. The van der Waals surface area contributed by atoms with Gasteiger partial charge >= 0.3 is 6.18 Å². The fourth-order valence-corrected chi connectivity index (χ4v) is 3.53. The lowest BCUT2D eigenvalue weighted by atomic mass is 9.87. The first-order valence-electron chi connectivity index (χ1n) is 11.4. The normalized spacial score (nSPS) is 11.8. The highest BCUT2D eigenvalue weighted by Gasteiger charge is 2.40. The Morgan fingerprint density at radius 2 is 1.57 bits per heavy atom. The summed E-state index contributed by atoms with van der Waals surface area (Å²) < 4.78 is 57.4. The minimum Gasteiger partial charge on any atom is -0.484 e. The lowest BCUT2D eigenvalue weighted by Gasteiger charge is -2.19. The number of rotatable bonds is 6. The molecule has 4 aromatic rings. The van der Waals surface area contributed by atoms with Crippen molar-refractivity contribution in [2.75, 3.05) is 11.9 Å². The van der Waals surface area contributed by atoms with Crippen molar-refractivity contribution in [2.45, 2.75) is 32.4 Å². The van der Waals surface area contributed by atoms with Crippen LogP contribution in [0.4, 0.5) is 18.9 Å². The van der Waals surface area contributed by atoms with Crippen LogP contribution in [0.5, 0.6) is 17.2 Å². The van der Waals surface area contributed by atoms with Gasteiger partial charge in [-0.05, 0) is 47.4 Å². The van der Waals surface area contributed by atoms with Crippen molar-refractivity contribution in [1.29, 1.82) is 0 Å². The Kier molecular flexibility index (Phi) is 6.98. The monoisotopic (exact) mass is 511 g/mol. The Bertz CT molecular complexity index is 1470. The summed E-state index contributed by atoms with van der Waals surface area (Å²) in [4.78, 5) is 25.1. The number of hydrogen-bond donors (Lipinski definition) is 1. The molecule has 1 amide bonds. The van der Waals surface area contributed by atoms with Crippen LogP contribution in [0.15, 0.2) is 82.0 Å². The van der Waals surface area contributed by atoms with E-state index in [2.05, 4.69) is 5.32 Å². The predicted molar refractivity (Wildman–Crippen MR) is 133 cm³/mol. The quantitative estimate of drug-likeness (QED) is 0.304. The molecule has 9 heteroatoms. The standard InChI is InChI=1S/C28H24F3NO5/c1-27(2,3)17-9-11-19(12-10-17)36-25-24(34)21-14-13-20(15-22(21)37-26(25)28(29,30)31)35-16-23(33)32-18-7-5-4-6-8-18/h4-15H,16H2,1-3H3,(H,32,33). The van der Waals surface area contributed by atoms with Crippen molar-refractivity contribution in [2.24, 2.45) is 0 Å². The summed E-state index contributed by atoms with van der Waals surface area (Å²) in [7, 11) is 0. The van der Waals surface area contributed by atoms with Crippen molar-refractivity contribution in [3.8, 4) is 17.2 Å². The third-order valence-corrected chi connectivity index (χ3v) is 5.45. The van der Waals surface area contributed by atoms with Crippen LogP contribution in [0.2, 0.25) is 0 Å². The fraction of sp³-hybridized carbons (Fsp3) is 0.214. The molecule has 0 saturated carbocycles. The molecule has 0 aliphatic rings. The van der Waals surface area contributed by atoms with E-state index in [0.29, 0.717) is 5.69 Å². The van der Waals surface area contributed by atoms with Gasteiger partial charge in [0.2, 0.25) is 11.2 Å². The molecule has 0 unspecified atom stereocenters. The van der Waals surface area contributed by atoms with Crippen LogP contribution < -0.4 is 20.2 Å². The van der Waals surface area contributed by atoms with Gasteiger partial charge in [0.05, 0.1) is 5.39 Å². The maximum Gasteiger partial charge on any atom is 0.453 e. The van der Waals surface area contributed by atoms with Crippen molar-refractivity contribution in [3.05, 3.63) is 94.3 Å². The number of carbonyl (C=O) groups excluding carboxylic acids is 1. The number of amides is 1. The van der Waals surface area contributed by atoms with Gasteiger partial charge in [0.25, 0.3) is 11.7 Å². The van der Waals surface area contributed by atoms with Crippen LogP contribution in [-0.2, 0) is 16.4 Å². The molecule has 0 aliphatic carbocycles. The van der Waals surface area contributed by atoms with E-state index in [9.17, 15) is 22.8 Å². The van der Waals surface area contributed by atoms with Crippen LogP contribution >= 0.6 is 0 Å². The number of carbonyl (C=O) groups is 1. The molecular formula is C28H24F3NO5. The molecule has 0 radical (unpaired) electrons. The van der Waals surface area contributed by atoms with Crippen LogP contribution in [-0.4, -0.2) is 12.5 Å². The van der Waals surface area contributed by atoms with E-state index < -0.39 is 35.6 Å². The number of fused-ring (bicyclic) bond motifs is 1. The molecule has 1 N–H and O–H groups in total. The van der Waals surface area contributed by atoms with E-state index in [4.69, 9.17) is 13.9 Å². The Hall–Kier alpha value is -4.27. The predicted octanol–water partition coefficient (Wildman–Crippen LogP) is 6.92. The molecule has 0 atom stereocenters. The third-order valence-electron chi connectivity index (χ3n) is 5.45. The highest BCUT2D eigenvalue weighted by molar-refractivity contribution is 5.91. The number of hydrogen-bond acceptors (Lipinski definition) is 5. The van der Waals surface area contributed by atoms with Gasteiger partial charge in [0.1, 0.15) is 17.1 Å². The maximum atomic E-state index is 13.8. The lowest BCUT2D eigenvalue weighted by molar-refractivity contribution is -0.154. The molecule has 6 nitrogen and oxygen atoms in total. The van der Waals surface area contributed by atoms with Gasteiger partial charge in [0.15, 0.2) is 6.61 Å². The molecule has 192 valence electrons. The van der Waals surface area contributed by atoms with Crippen LogP contribution in [0, 0.1) is 0 Å². The number of anilines is 1. The maximum absolute atomic E-state index is 13.8. The molecule has 0 spiro atoms. The average Bonchev–Trinajstić information content (AvgIpc) is 2.84. The summed E-state index contributed by atoms with van der Waals surface area (Å²) in [6.07, 6.45) is -5.00. The summed E-state index contributed by atoms with van der Waals surface area (Å²) >= 11 is 0. The molecule has 1 aromatic heterocycles. The highest BCUT2D eigenvalue weighted by Crippen LogP contribution is 2.39. The first kappa shape index (κ1) is 25.8. The largest absolute Gasteiger partial charge is 0.484 e. The van der Waals surface area contributed by atoms with Gasteiger partial charge in [-0.25, -0.2) is 0 Å². The van der Waals surface area contributed by atoms with E-state index in [0.717, 1.165) is 11.6 Å². The van der Waals surface area contributed by atoms with Crippen molar-refractivity contribution >= 4 is 22.6 Å². The zero-order valence-electron chi connectivity index (χ0n) is 20.3. The van der Waals surface area contributed by atoms with Crippen LogP contribution in [0.1, 0.15) is 32.1 Å². The van der Waals surface area contributed by atoms with E-state index >= 15 is 0 Å². The van der Waals surface area contributed by atoms with Crippen molar-refractivity contribution < 1.29 is 31.9 Å². The van der Waals surface area contributed by atoms with Gasteiger partial charge in [-0.3, -0.25) is 9.59 Å². The van der Waals surface area contributed by atoms with Crippen molar-refractivity contribution in [3.63, 3.8) is 0 Å². The Balaban J connectivity index is 1.61. The smallest absolute Gasteiger partial charge is 0.453 e. The summed E-state index contributed by atoms with van der Waals surface area (Å²) in [5, 5.41) is 2.50. The van der Waals surface area contributed by atoms with E-state index in [1.165, 1.54) is 24.3 Å². The SMILES string of the molecule is CC(C)(C)c1ccc(Oc2c(C(F)(F)F)oc3cc(OCC(=O)Nc4ccccc4)ccc3c2=O)cc1. The lowest BCUT2D eigenvalue weighted by Crippen LogP contribution is -2.20. The number of ether oxygens (including phenoxy) is 2. The topological polar surface area (TPSA) is 77.8 Å². The fourth-order valence-electron chi connectivity index (χ4n) is 3.53. The Morgan fingerprint density at radius 1 is 0.919 bits per heavy atom. The number of alkyl halides is 3. The zero-order chi connectivity index (χ0) is 26.8. The van der Waals surface area contributed by atoms with Gasteiger partial charge in [-0.15, -0.1) is 0 Å². The van der Waals surface area contributed by atoms with Crippen molar-refractivity contribution in [1.82, 2.24) is 0 Å². The summed E-state index contributed by atoms with van der Waals surface area (Å²) in [6.45, 7) is 5.59. The molecule has 0 fully saturated rings. The minimum atomic E-state index is -5.00. The third kappa shape index (κ3) is 6.11. The number of halogens is 3. The van der Waals surface area contributed by atoms with Gasteiger partial charge in [0, 0.05) is 11.8 Å². The van der Waals surface area contributed by atoms with E-state index in [1.807, 2.05) is 20.8 Å². The second kappa shape index (κ2) is 10.0. The van der Waals surface area contributed by atoms with Crippen LogP contribution in [0.3, 0.4) is 0 Å². The zero-order valence-corrected chi connectivity index (χ0v) is 20.3. The van der Waals surface area contributed by atoms with E-state index in [1.54, 1.807) is 42.5 Å². The number of para-hydroxylation sites is 1. The molecule has 0 aliphatic heterocycles. The summed E-state index contributed by atoms with van der Waals surface area (Å²) in [5.74, 6) is -2.87. The second-order valence-electron chi connectivity index (χ2n) is 9.32. The highest BCUT2D eigenvalue weighted by atomic mass is 19.4. The van der Waals surface area contributed by atoms with Gasteiger partial charge in [-0.1, -0.05) is 51.1 Å². The van der Waals surface area contributed by atoms with Crippen LogP contribution in [0.25, 0.3) is 11.0 Å². The molecule has 0 saturated heterocycles. The molecule has 37 heavy (non-hydrogen) atoms. The van der Waals surface area contributed by atoms with Gasteiger partial charge < -0.3 is 19.2 Å². The average molecular weight is 511 g/mol. The first-order valence-corrected chi connectivity index (χ1v) is 11.4. The van der Waals surface area contributed by atoms with Gasteiger partial charge in [-0.2, -0.15) is 13.2 Å². The second-order valence-corrected chi connectivity index (χ2v) is 9.32. The molecular weight excluding hydrogens is 487 g/mol. The molecule has 3 aromatic carbocycles. The number of nitrogens with one attached hydrogen (secondary N) is 1. The molecule has 4 rings (SSSR count). The Morgan fingerprint density at radius 3 is 2.19 bits per heavy atom. The molecule has 1 heterocycles. The number of benzene rings is 3. The summed E-state index contributed by atoms with van der Waals surface area (Å²) in [6, 6.07) is 18.9. The molecule has 0 bridgehead atoms. The summed E-state index contributed by atoms with van der Waals surface area (Å²) in [5.41, 5.74) is 0.0117. The Labute approximate surface area is 210 Å². The first-order chi connectivity index (χ1) is 17.4.